The molecule has 0 heteroatoms. The van der Waals surface area contributed by atoms with Crippen LogP contribution in [0.15, 0.2) is 72.8 Å². The minimum Gasteiger partial charge on any atom is -0.0918 e. The van der Waals surface area contributed by atoms with Gasteiger partial charge in [-0.25, -0.2) is 0 Å². The van der Waals surface area contributed by atoms with Crippen LogP contribution in [0.1, 0.15) is 0 Å². The van der Waals surface area contributed by atoms with Crippen molar-refractivity contribution in [2.45, 2.75) is 0 Å². The van der Waals surface area contributed by atoms with Crippen molar-refractivity contribution >= 4 is 34.7 Å². The lowest BCUT2D eigenvalue weighted by Crippen LogP contribution is -1.96. The van der Waals surface area contributed by atoms with Crippen LogP contribution in [0.4, 0.5) is 0 Å². The maximum atomic E-state index is 4.18. The number of rotatable bonds is 0. The molecule has 0 nitrogen and oxygen atoms in total. The Labute approximate surface area is 118 Å². The fraction of sp³-hybridized carbons (Fsp3) is 0. The summed E-state index contributed by atoms with van der Waals surface area (Å²) in [4.78, 5) is 0. The Kier molecular flexibility index (Phi) is 3.22. The lowest BCUT2D eigenvalue weighted by atomic mass is 10.0. The summed E-state index contributed by atoms with van der Waals surface area (Å²) < 4.78 is 0. The Morgan fingerprint density at radius 3 is 2.10 bits per heavy atom. The molecular weight excluding hydrogens is 240 g/mol. The molecule has 0 amide bonds. The van der Waals surface area contributed by atoms with E-state index in [2.05, 4.69) is 55.6 Å². The van der Waals surface area contributed by atoms with Gasteiger partial charge in [-0.2, -0.15) is 0 Å². The molecule has 0 aromatic heterocycles. The van der Waals surface area contributed by atoms with Crippen molar-refractivity contribution in [3.05, 3.63) is 83.2 Å². The zero-order chi connectivity index (χ0) is 13.9. The van der Waals surface area contributed by atoms with E-state index in [0.29, 0.717) is 0 Å². The van der Waals surface area contributed by atoms with Crippen molar-refractivity contribution in [3.8, 4) is 0 Å². The number of hydrogen-bond acceptors (Lipinski definition) is 0. The minimum absolute atomic E-state index is 0.987. The van der Waals surface area contributed by atoms with Gasteiger partial charge in [-0.1, -0.05) is 86.0 Å². The van der Waals surface area contributed by atoms with E-state index < -0.39 is 0 Å². The van der Waals surface area contributed by atoms with Crippen LogP contribution in [0.2, 0.25) is 0 Å². The van der Waals surface area contributed by atoms with E-state index in [1.54, 1.807) is 0 Å². The van der Waals surface area contributed by atoms with Crippen molar-refractivity contribution in [1.29, 1.82) is 0 Å². The van der Waals surface area contributed by atoms with Crippen LogP contribution in [0.5, 0.6) is 0 Å². The Balaban J connectivity index is 2.63. The summed E-state index contributed by atoms with van der Waals surface area (Å²) >= 11 is 0. The molecule has 0 fully saturated rings. The van der Waals surface area contributed by atoms with Crippen LogP contribution in [-0.2, 0) is 0 Å². The summed E-state index contributed by atoms with van der Waals surface area (Å²) in [6.45, 7) is 8.21. The van der Waals surface area contributed by atoms with Crippen molar-refractivity contribution in [2.75, 3.05) is 0 Å². The quantitative estimate of drug-likeness (QED) is 0.571. The zero-order valence-electron chi connectivity index (χ0n) is 11.3. The maximum absolute atomic E-state index is 4.18. The minimum atomic E-state index is 0.987. The summed E-state index contributed by atoms with van der Waals surface area (Å²) in [6, 6.07) is 24.9. The molecule has 0 aliphatic heterocycles. The second-order valence-electron chi connectivity index (χ2n) is 4.90. The average molecular weight is 256 g/mol. The normalized spacial score (nSPS) is 10.4. The lowest BCUT2D eigenvalue weighted by molar-refractivity contribution is 1.66. The monoisotopic (exact) mass is 256 g/mol. The molecule has 0 atom stereocenters. The molecule has 3 rings (SSSR count). The van der Waals surface area contributed by atoms with Crippen LogP contribution < -0.4 is 10.4 Å². The van der Waals surface area contributed by atoms with Gasteiger partial charge in [-0.3, -0.25) is 0 Å². The zero-order valence-corrected chi connectivity index (χ0v) is 11.3. The molecule has 0 unspecified atom stereocenters. The topological polar surface area (TPSA) is 0 Å². The Morgan fingerprint density at radius 1 is 0.500 bits per heavy atom. The van der Waals surface area contributed by atoms with Crippen molar-refractivity contribution in [2.24, 2.45) is 0 Å². The van der Waals surface area contributed by atoms with Crippen molar-refractivity contribution in [1.82, 2.24) is 0 Å². The highest BCUT2D eigenvalue weighted by Crippen LogP contribution is 2.21. The average Bonchev–Trinajstić information content (AvgIpc) is 2.48. The molecule has 0 bridgehead atoms. The van der Waals surface area contributed by atoms with E-state index >= 15 is 0 Å². The molecule has 0 saturated heterocycles. The Hall–Kier alpha value is -2.60. The van der Waals surface area contributed by atoms with Gasteiger partial charge in [0.05, 0.1) is 0 Å². The van der Waals surface area contributed by atoms with E-state index in [0.717, 1.165) is 10.4 Å². The van der Waals surface area contributed by atoms with Crippen LogP contribution in [0, 0.1) is 0 Å². The van der Waals surface area contributed by atoms with E-state index in [9.17, 15) is 0 Å². The van der Waals surface area contributed by atoms with Gasteiger partial charge in [0.25, 0.3) is 0 Å². The Bertz CT molecular complexity index is 935. The fourth-order valence-corrected chi connectivity index (χ4v) is 2.44. The van der Waals surface area contributed by atoms with E-state index in [1.807, 2.05) is 30.3 Å². The maximum Gasteiger partial charge on any atom is -0.00994 e. The molecule has 3 aromatic carbocycles. The molecular formula is C20H16. The van der Waals surface area contributed by atoms with E-state index in [1.165, 1.54) is 21.5 Å². The summed E-state index contributed by atoms with van der Waals surface area (Å²) in [7, 11) is 0. The third-order valence-electron chi connectivity index (χ3n) is 3.50. The fourth-order valence-electron chi connectivity index (χ4n) is 2.44. The number of hydrogen-bond donors (Lipinski definition) is 0. The first-order valence-corrected chi connectivity index (χ1v) is 6.68. The predicted octanol–water partition coefficient (Wildman–Crippen LogP) is 3.94. The van der Waals surface area contributed by atoms with E-state index in [4.69, 9.17) is 0 Å². The van der Waals surface area contributed by atoms with Gasteiger partial charge in [-0.05, 0) is 32.0 Å². The number of fused-ring (bicyclic) bond motifs is 3. The molecule has 0 saturated carbocycles. The first-order valence-electron chi connectivity index (χ1n) is 6.68. The summed E-state index contributed by atoms with van der Waals surface area (Å²) in [6.07, 6.45) is 0. The molecule has 3 aromatic rings. The summed E-state index contributed by atoms with van der Waals surface area (Å²) in [5.74, 6) is 0. The van der Waals surface area contributed by atoms with Crippen LogP contribution in [-0.4, -0.2) is 0 Å². The molecule has 0 heterocycles. The Morgan fingerprint density at radius 2 is 1.20 bits per heavy atom. The molecule has 0 aliphatic carbocycles. The SMILES string of the molecule is C=c1ccccc(=C)c2ccc3ccccc3c2cc1. The third-order valence-corrected chi connectivity index (χ3v) is 3.50. The molecule has 0 aliphatic rings. The van der Waals surface area contributed by atoms with Gasteiger partial charge in [-0.15, -0.1) is 0 Å². The molecule has 0 N–H and O–H groups in total. The van der Waals surface area contributed by atoms with Gasteiger partial charge < -0.3 is 0 Å². The second-order valence-corrected chi connectivity index (χ2v) is 4.90. The highest BCUT2D eigenvalue weighted by molar-refractivity contribution is 6.07. The number of benzene rings is 2. The summed E-state index contributed by atoms with van der Waals surface area (Å²) in [5, 5.41) is 6.86. The highest BCUT2D eigenvalue weighted by atomic mass is 14.0. The van der Waals surface area contributed by atoms with Gasteiger partial charge >= 0.3 is 0 Å². The molecule has 96 valence electrons. The second kappa shape index (κ2) is 5.18. The van der Waals surface area contributed by atoms with Crippen molar-refractivity contribution in [3.63, 3.8) is 0 Å². The molecule has 0 radical (unpaired) electrons. The first-order chi connectivity index (χ1) is 9.75. The van der Waals surface area contributed by atoms with Gasteiger partial charge in [0.15, 0.2) is 0 Å². The van der Waals surface area contributed by atoms with E-state index in [-0.39, 0.29) is 0 Å². The van der Waals surface area contributed by atoms with Gasteiger partial charge in [0.2, 0.25) is 0 Å². The van der Waals surface area contributed by atoms with Crippen LogP contribution in [0.25, 0.3) is 34.7 Å². The smallest absolute Gasteiger partial charge is 0.00994 e. The largest absolute Gasteiger partial charge is 0.0918 e. The van der Waals surface area contributed by atoms with Crippen molar-refractivity contribution < 1.29 is 0 Å². The van der Waals surface area contributed by atoms with Crippen LogP contribution >= 0.6 is 0 Å². The van der Waals surface area contributed by atoms with Crippen LogP contribution in [0.3, 0.4) is 0 Å². The highest BCUT2D eigenvalue weighted by Gasteiger charge is 1.97. The first kappa shape index (κ1) is 12.4. The van der Waals surface area contributed by atoms with Gasteiger partial charge in [0.1, 0.15) is 0 Å². The molecule has 0 spiro atoms. The predicted molar refractivity (Wildman–Crippen MR) is 89.4 cm³/mol. The third kappa shape index (κ3) is 2.28. The van der Waals surface area contributed by atoms with Gasteiger partial charge in [0, 0.05) is 0 Å². The lowest BCUT2D eigenvalue weighted by Gasteiger charge is -2.02. The molecule has 20 heavy (non-hydrogen) atoms. The standard InChI is InChI=1S/C20H16/c1-15-7-3-4-8-16(2)18-14-12-17-9-5-6-10-19(17)20(18)13-11-15/h3-14H,1-2H2. The summed E-state index contributed by atoms with van der Waals surface area (Å²) in [5.41, 5.74) is 0.